The lowest BCUT2D eigenvalue weighted by Gasteiger charge is -2.20. The van der Waals surface area contributed by atoms with Crippen LogP contribution in [0, 0.1) is 0 Å². The third-order valence-corrected chi connectivity index (χ3v) is 4.95. The van der Waals surface area contributed by atoms with E-state index in [4.69, 9.17) is 8.83 Å². The van der Waals surface area contributed by atoms with Crippen molar-refractivity contribution < 1.29 is 18.4 Å². The van der Waals surface area contributed by atoms with Crippen LogP contribution >= 0.6 is 0 Å². The Morgan fingerprint density at radius 3 is 2.71 bits per heavy atom. The third-order valence-electron chi connectivity index (χ3n) is 4.95. The van der Waals surface area contributed by atoms with Crippen molar-refractivity contribution in [1.29, 1.82) is 0 Å². The van der Waals surface area contributed by atoms with E-state index in [1.807, 2.05) is 25.1 Å². The first kappa shape index (κ1) is 20.5. The highest BCUT2D eigenvalue weighted by Gasteiger charge is 2.35. The second-order valence-corrected chi connectivity index (χ2v) is 7.19. The molecule has 3 aromatic rings. The Labute approximate surface area is 179 Å². The van der Waals surface area contributed by atoms with Gasteiger partial charge in [-0.2, -0.15) is 5.10 Å². The van der Waals surface area contributed by atoms with E-state index in [9.17, 15) is 9.59 Å². The molecule has 0 saturated heterocycles. The molecule has 1 aromatic carbocycles. The molecule has 31 heavy (non-hydrogen) atoms. The summed E-state index contributed by atoms with van der Waals surface area (Å²) in [5.74, 6) is 0.935. The number of nitrogens with one attached hydrogen (secondary N) is 2. The number of rotatable bonds is 8. The Hall–Kier alpha value is -3.81. The highest BCUT2D eigenvalue weighted by Crippen LogP contribution is 2.33. The Balaban J connectivity index is 1.46. The average Bonchev–Trinajstić information content (AvgIpc) is 3.56. The quantitative estimate of drug-likeness (QED) is 0.577. The highest BCUT2D eigenvalue weighted by molar-refractivity contribution is 6.01. The number of furan rings is 2. The van der Waals surface area contributed by atoms with Gasteiger partial charge in [0.25, 0.3) is 11.8 Å². The van der Waals surface area contributed by atoms with E-state index >= 15 is 0 Å². The second kappa shape index (κ2) is 9.34. The van der Waals surface area contributed by atoms with Crippen molar-refractivity contribution in [2.45, 2.75) is 25.8 Å². The van der Waals surface area contributed by atoms with Gasteiger partial charge in [0.1, 0.15) is 23.3 Å². The smallest absolute Gasteiger partial charge is 0.262 e. The summed E-state index contributed by atoms with van der Waals surface area (Å²) in [6.45, 7) is 2.64. The molecule has 160 valence electrons. The predicted octanol–water partition coefficient (Wildman–Crippen LogP) is 3.80. The molecule has 1 unspecified atom stereocenters. The monoisotopic (exact) mass is 420 g/mol. The van der Waals surface area contributed by atoms with E-state index in [0.717, 1.165) is 6.42 Å². The fraction of sp³-hybridized carbons (Fsp3) is 0.261. The molecule has 0 saturated carbocycles. The molecule has 0 fully saturated rings. The Morgan fingerprint density at radius 1 is 1.13 bits per heavy atom. The van der Waals surface area contributed by atoms with Crippen LogP contribution in [0.15, 0.2) is 75.0 Å². The van der Waals surface area contributed by atoms with Crippen molar-refractivity contribution in [2.75, 3.05) is 18.4 Å². The van der Waals surface area contributed by atoms with Crippen LogP contribution < -0.4 is 10.6 Å². The largest absolute Gasteiger partial charge is 0.467 e. The Kier molecular flexibility index (Phi) is 6.16. The molecule has 1 aliphatic rings. The average molecular weight is 420 g/mol. The molecule has 4 rings (SSSR count). The number of hydrogen-bond donors (Lipinski definition) is 2. The summed E-state index contributed by atoms with van der Waals surface area (Å²) < 4.78 is 11.0. The molecule has 1 aliphatic heterocycles. The number of hydrogen-bond acceptors (Lipinski definition) is 6. The van der Waals surface area contributed by atoms with Crippen LogP contribution in [0.5, 0.6) is 0 Å². The maximum atomic E-state index is 13.0. The molecule has 2 amide bonds. The zero-order valence-electron chi connectivity index (χ0n) is 17.2. The molecular weight excluding hydrogens is 396 g/mol. The van der Waals surface area contributed by atoms with Crippen molar-refractivity contribution in [3.63, 3.8) is 0 Å². The Morgan fingerprint density at radius 2 is 1.97 bits per heavy atom. The highest BCUT2D eigenvalue weighted by atomic mass is 16.3. The van der Waals surface area contributed by atoms with Crippen LogP contribution in [0.3, 0.4) is 0 Å². The minimum absolute atomic E-state index is 0.0200. The van der Waals surface area contributed by atoms with Crippen LogP contribution in [0.4, 0.5) is 5.69 Å². The van der Waals surface area contributed by atoms with Gasteiger partial charge in [-0.1, -0.05) is 13.0 Å². The van der Waals surface area contributed by atoms with Crippen molar-refractivity contribution in [2.24, 2.45) is 5.10 Å². The van der Waals surface area contributed by atoms with Gasteiger partial charge in [-0.25, -0.2) is 5.01 Å². The summed E-state index contributed by atoms with van der Waals surface area (Å²) in [7, 11) is 0. The number of amides is 2. The van der Waals surface area contributed by atoms with E-state index in [1.54, 1.807) is 42.9 Å². The van der Waals surface area contributed by atoms with Gasteiger partial charge in [0.05, 0.1) is 19.1 Å². The standard InChI is InChI=1S/C23H24N4O4/c1-2-10-24-23(29)16-6-3-7-17(13-16)25-15-22(28)27-19(21-9-5-12-31-21)14-18(26-27)20-8-4-11-30-20/h3-9,11-13,19,25H,2,10,14-15H2,1H3,(H,24,29). The van der Waals surface area contributed by atoms with E-state index in [0.29, 0.717) is 41.4 Å². The summed E-state index contributed by atoms with van der Waals surface area (Å²) in [5, 5.41) is 11.9. The van der Waals surface area contributed by atoms with Crippen molar-refractivity contribution in [1.82, 2.24) is 10.3 Å². The minimum atomic E-state index is -0.337. The fourth-order valence-corrected chi connectivity index (χ4v) is 3.40. The summed E-state index contributed by atoms with van der Waals surface area (Å²) in [4.78, 5) is 25.2. The fourth-order valence-electron chi connectivity index (χ4n) is 3.40. The molecule has 2 aromatic heterocycles. The third kappa shape index (κ3) is 4.69. The molecule has 2 N–H and O–H groups in total. The molecule has 0 bridgehead atoms. The van der Waals surface area contributed by atoms with Crippen molar-refractivity contribution >= 4 is 23.2 Å². The molecule has 1 atom stereocenters. The maximum absolute atomic E-state index is 13.0. The van der Waals surface area contributed by atoms with E-state index in [1.165, 1.54) is 5.01 Å². The zero-order chi connectivity index (χ0) is 21.6. The van der Waals surface area contributed by atoms with Crippen LogP contribution in [-0.4, -0.2) is 35.6 Å². The first-order valence-electron chi connectivity index (χ1n) is 10.2. The topological polar surface area (TPSA) is 100 Å². The second-order valence-electron chi connectivity index (χ2n) is 7.19. The van der Waals surface area contributed by atoms with Crippen LogP contribution in [-0.2, 0) is 4.79 Å². The predicted molar refractivity (Wildman–Crippen MR) is 116 cm³/mol. The van der Waals surface area contributed by atoms with Gasteiger partial charge in [-0.15, -0.1) is 0 Å². The molecular formula is C23H24N4O4. The summed E-state index contributed by atoms with van der Waals surface area (Å²) in [5.41, 5.74) is 1.91. The summed E-state index contributed by atoms with van der Waals surface area (Å²) >= 11 is 0. The van der Waals surface area contributed by atoms with Gasteiger partial charge in [0, 0.05) is 24.2 Å². The molecule has 0 aliphatic carbocycles. The maximum Gasteiger partial charge on any atom is 0.262 e. The van der Waals surface area contributed by atoms with E-state index in [-0.39, 0.29) is 24.4 Å². The number of anilines is 1. The summed E-state index contributed by atoms with van der Waals surface area (Å²) in [6.07, 6.45) is 4.52. The number of carbonyl (C=O) groups is 2. The molecule has 3 heterocycles. The van der Waals surface area contributed by atoms with Gasteiger partial charge in [0.15, 0.2) is 0 Å². The van der Waals surface area contributed by atoms with Crippen LogP contribution in [0.25, 0.3) is 0 Å². The SMILES string of the molecule is CCCNC(=O)c1cccc(NCC(=O)N2N=C(c3ccco3)CC2c2ccco2)c1. The van der Waals surface area contributed by atoms with Crippen molar-refractivity contribution in [3.05, 3.63) is 78.1 Å². The number of nitrogens with zero attached hydrogens (tertiary/aromatic N) is 2. The molecule has 0 spiro atoms. The lowest BCUT2D eigenvalue weighted by Crippen LogP contribution is -2.32. The molecule has 8 nitrogen and oxygen atoms in total. The number of benzene rings is 1. The summed E-state index contributed by atoms with van der Waals surface area (Å²) in [6, 6.07) is 13.9. The van der Waals surface area contributed by atoms with Crippen LogP contribution in [0.1, 0.15) is 47.7 Å². The van der Waals surface area contributed by atoms with Gasteiger partial charge in [-0.3, -0.25) is 9.59 Å². The van der Waals surface area contributed by atoms with E-state index in [2.05, 4.69) is 15.7 Å². The minimum Gasteiger partial charge on any atom is -0.467 e. The number of carbonyl (C=O) groups excluding carboxylic acids is 2. The first-order chi connectivity index (χ1) is 15.2. The van der Waals surface area contributed by atoms with E-state index < -0.39 is 0 Å². The van der Waals surface area contributed by atoms with Gasteiger partial charge < -0.3 is 19.5 Å². The lowest BCUT2D eigenvalue weighted by atomic mass is 10.1. The van der Waals surface area contributed by atoms with Gasteiger partial charge in [-0.05, 0) is 48.9 Å². The van der Waals surface area contributed by atoms with Crippen LogP contribution in [0.2, 0.25) is 0 Å². The first-order valence-corrected chi connectivity index (χ1v) is 10.2. The lowest BCUT2D eigenvalue weighted by molar-refractivity contribution is -0.131. The van der Waals surface area contributed by atoms with Crippen molar-refractivity contribution in [3.8, 4) is 0 Å². The number of hydrazone groups is 1. The van der Waals surface area contributed by atoms with Gasteiger partial charge in [0.2, 0.25) is 0 Å². The molecule has 0 radical (unpaired) electrons. The normalized spacial score (nSPS) is 15.6. The van der Waals surface area contributed by atoms with Gasteiger partial charge >= 0.3 is 0 Å². The zero-order valence-corrected chi connectivity index (χ0v) is 17.2. The molecule has 8 heteroatoms. The Bertz CT molecular complexity index is 1060.